The number of nitrogens with zero attached hydrogens (tertiary/aromatic N) is 1. The second kappa shape index (κ2) is 8.59. The molecule has 0 aliphatic rings. The van der Waals surface area contributed by atoms with Crippen molar-refractivity contribution in [3.8, 4) is 5.88 Å². The first-order valence-electron chi connectivity index (χ1n) is 9.17. The third-order valence-corrected chi connectivity index (χ3v) is 5.17. The zero-order valence-corrected chi connectivity index (χ0v) is 17.1. The standard InChI is InChI=1S/C21H23N3O4S/c1-14(25)16-9-10-18-17(13-16)19(21(26)24-18)20(15-7-4-3-5-8-15)22-11-6-12-23-29(2,27)28/h3-5,7-10,13,23-24,26H,6,11-12H2,1-2H3. The van der Waals surface area contributed by atoms with Crippen LogP contribution in [0.5, 0.6) is 5.88 Å². The maximum absolute atomic E-state index is 11.8. The van der Waals surface area contributed by atoms with Gasteiger partial charge in [0.15, 0.2) is 11.7 Å². The van der Waals surface area contributed by atoms with E-state index in [-0.39, 0.29) is 18.2 Å². The summed E-state index contributed by atoms with van der Waals surface area (Å²) in [6.07, 6.45) is 1.62. The minimum atomic E-state index is -3.24. The molecule has 1 heterocycles. The van der Waals surface area contributed by atoms with E-state index in [4.69, 9.17) is 0 Å². The topological polar surface area (TPSA) is 112 Å². The van der Waals surface area contributed by atoms with Crippen LogP contribution in [0.1, 0.15) is 34.8 Å². The van der Waals surface area contributed by atoms with Gasteiger partial charge in [-0.2, -0.15) is 0 Å². The van der Waals surface area contributed by atoms with Gasteiger partial charge in [0, 0.05) is 35.1 Å². The number of carbonyl (C=O) groups is 1. The average Bonchev–Trinajstić information content (AvgIpc) is 2.99. The van der Waals surface area contributed by atoms with Gasteiger partial charge in [0.25, 0.3) is 0 Å². The lowest BCUT2D eigenvalue weighted by Crippen LogP contribution is -2.23. The number of aromatic nitrogens is 1. The average molecular weight is 413 g/mol. The molecule has 1 aromatic heterocycles. The van der Waals surface area contributed by atoms with E-state index in [1.807, 2.05) is 30.3 Å². The highest BCUT2D eigenvalue weighted by atomic mass is 32.2. The van der Waals surface area contributed by atoms with Crippen LogP contribution in [-0.4, -0.2) is 49.3 Å². The van der Waals surface area contributed by atoms with Crippen LogP contribution in [0.3, 0.4) is 0 Å². The highest BCUT2D eigenvalue weighted by Crippen LogP contribution is 2.31. The Morgan fingerprint density at radius 1 is 1.14 bits per heavy atom. The molecule has 3 N–H and O–H groups in total. The molecule has 8 heteroatoms. The lowest BCUT2D eigenvalue weighted by molar-refractivity contribution is 0.101. The first-order chi connectivity index (χ1) is 13.8. The number of rotatable bonds is 8. The van der Waals surface area contributed by atoms with Crippen LogP contribution >= 0.6 is 0 Å². The van der Waals surface area contributed by atoms with Gasteiger partial charge in [-0.3, -0.25) is 9.79 Å². The molecule has 0 amide bonds. The van der Waals surface area contributed by atoms with E-state index in [1.165, 1.54) is 6.92 Å². The van der Waals surface area contributed by atoms with Crippen molar-refractivity contribution < 1.29 is 18.3 Å². The van der Waals surface area contributed by atoms with E-state index >= 15 is 0 Å². The van der Waals surface area contributed by atoms with Gasteiger partial charge in [0.2, 0.25) is 10.0 Å². The summed E-state index contributed by atoms with van der Waals surface area (Å²) >= 11 is 0. The van der Waals surface area contributed by atoms with E-state index in [2.05, 4.69) is 14.7 Å². The first kappa shape index (κ1) is 20.8. The summed E-state index contributed by atoms with van der Waals surface area (Å²) in [5.41, 5.74) is 3.15. The number of nitrogens with one attached hydrogen (secondary N) is 2. The summed E-state index contributed by atoms with van der Waals surface area (Å²) in [6, 6.07) is 14.6. The van der Waals surface area contributed by atoms with Gasteiger partial charge < -0.3 is 10.1 Å². The van der Waals surface area contributed by atoms with Crippen LogP contribution in [0.15, 0.2) is 53.5 Å². The molecule has 29 heavy (non-hydrogen) atoms. The molecule has 3 aromatic rings. The predicted octanol–water partition coefficient (Wildman–Crippen LogP) is 2.85. The van der Waals surface area contributed by atoms with Crippen LogP contribution in [0.25, 0.3) is 10.9 Å². The number of H-pyrrole nitrogens is 1. The number of Topliss-reactive ketones (excluding diaryl/α,β-unsaturated/α-hetero) is 1. The zero-order chi connectivity index (χ0) is 21.0. The van der Waals surface area contributed by atoms with Gasteiger partial charge in [-0.15, -0.1) is 0 Å². The molecule has 3 rings (SSSR count). The predicted molar refractivity (Wildman–Crippen MR) is 114 cm³/mol. The minimum Gasteiger partial charge on any atom is -0.494 e. The Hall–Kier alpha value is -2.97. The summed E-state index contributed by atoms with van der Waals surface area (Å²) in [4.78, 5) is 19.4. The molecule has 2 aromatic carbocycles. The van der Waals surface area contributed by atoms with Gasteiger partial charge in [0.1, 0.15) is 0 Å². The number of aromatic amines is 1. The monoisotopic (exact) mass is 413 g/mol. The molecule has 0 radical (unpaired) electrons. The fourth-order valence-electron chi connectivity index (χ4n) is 3.07. The van der Waals surface area contributed by atoms with Crippen LogP contribution in [0.2, 0.25) is 0 Å². The molecule has 0 fully saturated rings. The summed E-state index contributed by atoms with van der Waals surface area (Å²) in [7, 11) is -3.24. The molecule has 0 aliphatic heterocycles. The van der Waals surface area contributed by atoms with Gasteiger partial charge in [-0.25, -0.2) is 13.1 Å². The molecule has 7 nitrogen and oxygen atoms in total. The van der Waals surface area contributed by atoms with Gasteiger partial charge >= 0.3 is 0 Å². The third-order valence-electron chi connectivity index (χ3n) is 4.44. The molecule has 0 saturated heterocycles. The normalized spacial score (nSPS) is 12.4. The smallest absolute Gasteiger partial charge is 0.208 e. The number of ketones is 1. The summed E-state index contributed by atoms with van der Waals surface area (Å²) < 4.78 is 24.8. The molecular weight excluding hydrogens is 390 g/mol. The van der Waals surface area contributed by atoms with Crippen molar-refractivity contribution in [1.29, 1.82) is 0 Å². The summed E-state index contributed by atoms with van der Waals surface area (Å²) in [5.74, 6) is -0.0962. The van der Waals surface area contributed by atoms with Crippen molar-refractivity contribution in [3.63, 3.8) is 0 Å². The maximum Gasteiger partial charge on any atom is 0.208 e. The molecule has 0 aliphatic carbocycles. The van der Waals surface area contributed by atoms with Crippen molar-refractivity contribution in [2.24, 2.45) is 4.99 Å². The summed E-state index contributed by atoms with van der Waals surface area (Å²) in [5, 5.41) is 11.3. The highest BCUT2D eigenvalue weighted by Gasteiger charge is 2.19. The molecule has 152 valence electrons. The molecule has 0 saturated carbocycles. The third kappa shape index (κ3) is 5.10. The van der Waals surface area contributed by atoms with E-state index < -0.39 is 10.0 Å². The lowest BCUT2D eigenvalue weighted by Gasteiger charge is -2.08. The Morgan fingerprint density at radius 3 is 2.52 bits per heavy atom. The molecular formula is C21H23N3O4S. The first-order valence-corrected chi connectivity index (χ1v) is 11.1. The largest absolute Gasteiger partial charge is 0.494 e. The highest BCUT2D eigenvalue weighted by molar-refractivity contribution is 7.88. The second-order valence-electron chi connectivity index (χ2n) is 6.78. The van der Waals surface area contributed by atoms with Crippen LogP contribution in [0.4, 0.5) is 0 Å². The van der Waals surface area contributed by atoms with Gasteiger partial charge in [0.05, 0.1) is 17.5 Å². The molecule has 0 spiro atoms. The minimum absolute atomic E-state index is 0.0300. The van der Waals surface area contributed by atoms with Crippen molar-refractivity contribution in [3.05, 3.63) is 65.2 Å². The fourth-order valence-corrected chi connectivity index (χ4v) is 3.59. The lowest BCUT2D eigenvalue weighted by atomic mass is 9.99. The molecule has 0 unspecified atom stereocenters. The Bertz CT molecular complexity index is 1170. The van der Waals surface area contributed by atoms with Crippen molar-refractivity contribution >= 4 is 32.4 Å². The Labute approximate surface area is 169 Å². The summed E-state index contributed by atoms with van der Waals surface area (Å²) in [6.45, 7) is 2.14. The SMILES string of the molecule is CC(=O)c1ccc2[nH]c(O)c(C(=NCCCNS(C)(=O)=O)c3ccccc3)c2c1. The number of aliphatic imine (C=N–C) groups is 1. The second-order valence-corrected chi connectivity index (χ2v) is 8.61. The number of carbonyl (C=O) groups excluding carboxylic acids is 1. The molecule has 0 atom stereocenters. The number of benzene rings is 2. The van der Waals surface area contributed by atoms with E-state index in [9.17, 15) is 18.3 Å². The maximum atomic E-state index is 11.8. The Balaban J connectivity index is 2.02. The van der Waals surface area contributed by atoms with Crippen LogP contribution in [-0.2, 0) is 10.0 Å². The number of sulfonamides is 1. The van der Waals surface area contributed by atoms with E-state index in [1.54, 1.807) is 18.2 Å². The van der Waals surface area contributed by atoms with E-state index in [0.717, 1.165) is 11.8 Å². The van der Waals surface area contributed by atoms with Crippen molar-refractivity contribution in [2.45, 2.75) is 13.3 Å². The zero-order valence-electron chi connectivity index (χ0n) is 16.3. The van der Waals surface area contributed by atoms with Gasteiger partial charge in [-0.05, 0) is 31.5 Å². The van der Waals surface area contributed by atoms with E-state index in [0.29, 0.717) is 40.7 Å². The Morgan fingerprint density at radius 2 is 1.86 bits per heavy atom. The van der Waals surface area contributed by atoms with Crippen LogP contribution < -0.4 is 4.72 Å². The fraction of sp³-hybridized carbons (Fsp3) is 0.238. The number of hydrogen-bond acceptors (Lipinski definition) is 5. The number of hydrogen-bond donors (Lipinski definition) is 3. The van der Waals surface area contributed by atoms with Crippen LogP contribution in [0, 0.1) is 0 Å². The van der Waals surface area contributed by atoms with Gasteiger partial charge in [-0.1, -0.05) is 30.3 Å². The quantitative estimate of drug-likeness (QED) is 0.299. The Kier molecular flexibility index (Phi) is 6.14. The molecule has 0 bridgehead atoms. The van der Waals surface area contributed by atoms with Crippen molar-refractivity contribution in [2.75, 3.05) is 19.3 Å². The number of aromatic hydroxyl groups is 1. The number of fused-ring (bicyclic) bond motifs is 1. The van der Waals surface area contributed by atoms with Crippen molar-refractivity contribution in [1.82, 2.24) is 9.71 Å².